The van der Waals surface area contributed by atoms with Crippen LogP contribution in [0.15, 0.2) is 0 Å². The highest BCUT2D eigenvalue weighted by atomic mass is 15.2. The average molecular weight is 238 g/mol. The fourth-order valence-corrected chi connectivity index (χ4v) is 3.27. The van der Waals surface area contributed by atoms with Crippen molar-refractivity contribution in [1.82, 2.24) is 10.2 Å². The summed E-state index contributed by atoms with van der Waals surface area (Å²) in [4.78, 5) is 2.71. The van der Waals surface area contributed by atoms with E-state index in [9.17, 15) is 0 Å². The molecular formula is C15H30N2. The highest BCUT2D eigenvalue weighted by Crippen LogP contribution is 2.34. The summed E-state index contributed by atoms with van der Waals surface area (Å²) in [5.74, 6) is 1.77. The first-order valence-corrected chi connectivity index (χ1v) is 7.69. The van der Waals surface area contributed by atoms with Gasteiger partial charge in [0.15, 0.2) is 0 Å². The van der Waals surface area contributed by atoms with Crippen molar-refractivity contribution in [2.45, 2.75) is 65.0 Å². The maximum Gasteiger partial charge on any atom is 0.0243 e. The second-order valence-electron chi connectivity index (χ2n) is 6.31. The van der Waals surface area contributed by atoms with Crippen LogP contribution in [0.2, 0.25) is 0 Å². The molecule has 0 aromatic rings. The molecule has 0 aromatic heterocycles. The topological polar surface area (TPSA) is 15.3 Å². The number of hydrogen-bond acceptors (Lipinski definition) is 2. The molecule has 0 amide bonds. The Bertz CT molecular complexity index is 217. The normalized spacial score (nSPS) is 25.4. The molecule has 1 aliphatic heterocycles. The second-order valence-corrected chi connectivity index (χ2v) is 6.31. The summed E-state index contributed by atoms with van der Waals surface area (Å²) in [6.07, 6.45) is 7.03. The monoisotopic (exact) mass is 238 g/mol. The Kier molecular flexibility index (Phi) is 4.87. The molecule has 0 spiro atoms. The SMILES string of the molecule is CCC(NCC(C(C)C)N1CCCC1)C1CC1. The Balaban J connectivity index is 1.79. The first kappa shape index (κ1) is 13.4. The van der Waals surface area contributed by atoms with Gasteiger partial charge in [0.05, 0.1) is 0 Å². The standard InChI is InChI=1S/C15H30N2/c1-4-14(13-7-8-13)16-11-15(12(2)3)17-9-5-6-10-17/h12-16H,4-11H2,1-3H3. The molecule has 0 radical (unpaired) electrons. The molecule has 0 bridgehead atoms. The fourth-order valence-electron chi connectivity index (χ4n) is 3.27. The molecule has 2 fully saturated rings. The van der Waals surface area contributed by atoms with E-state index in [1.807, 2.05) is 0 Å². The molecule has 1 saturated heterocycles. The van der Waals surface area contributed by atoms with Crippen LogP contribution in [0.5, 0.6) is 0 Å². The lowest BCUT2D eigenvalue weighted by Crippen LogP contribution is -2.47. The van der Waals surface area contributed by atoms with E-state index in [1.165, 1.54) is 51.7 Å². The molecule has 1 N–H and O–H groups in total. The van der Waals surface area contributed by atoms with E-state index in [2.05, 4.69) is 31.0 Å². The molecule has 1 heterocycles. The second kappa shape index (κ2) is 6.19. The Morgan fingerprint density at radius 2 is 1.82 bits per heavy atom. The van der Waals surface area contributed by atoms with Gasteiger partial charge < -0.3 is 5.32 Å². The van der Waals surface area contributed by atoms with E-state index in [0.29, 0.717) is 0 Å². The molecule has 100 valence electrons. The van der Waals surface area contributed by atoms with Crippen molar-refractivity contribution in [3.05, 3.63) is 0 Å². The molecular weight excluding hydrogens is 208 g/mol. The van der Waals surface area contributed by atoms with Crippen molar-refractivity contribution >= 4 is 0 Å². The van der Waals surface area contributed by atoms with Gasteiger partial charge in [-0.1, -0.05) is 20.8 Å². The van der Waals surface area contributed by atoms with Crippen molar-refractivity contribution in [2.24, 2.45) is 11.8 Å². The van der Waals surface area contributed by atoms with Crippen molar-refractivity contribution in [3.63, 3.8) is 0 Å². The molecule has 2 atom stereocenters. The van der Waals surface area contributed by atoms with E-state index in [1.54, 1.807) is 0 Å². The van der Waals surface area contributed by atoms with Gasteiger partial charge in [-0.15, -0.1) is 0 Å². The molecule has 2 unspecified atom stereocenters. The summed E-state index contributed by atoms with van der Waals surface area (Å²) in [6, 6.07) is 1.55. The summed E-state index contributed by atoms with van der Waals surface area (Å²) in [5, 5.41) is 3.85. The summed E-state index contributed by atoms with van der Waals surface area (Å²) in [7, 11) is 0. The van der Waals surface area contributed by atoms with E-state index < -0.39 is 0 Å². The Morgan fingerprint density at radius 1 is 1.18 bits per heavy atom. The number of rotatable bonds is 7. The molecule has 2 rings (SSSR count). The van der Waals surface area contributed by atoms with Crippen LogP contribution in [-0.4, -0.2) is 36.6 Å². The van der Waals surface area contributed by atoms with Crippen LogP contribution < -0.4 is 5.32 Å². The maximum absolute atomic E-state index is 3.85. The Morgan fingerprint density at radius 3 is 2.29 bits per heavy atom. The molecule has 1 saturated carbocycles. The van der Waals surface area contributed by atoms with Crippen molar-refractivity contribution in [2.75, 3.05) is 19.6 Å². The fraction of sp³-hybridized carbons (Fsp3) is 1.00. The van der Waals surface area contributed by atoms with Crippen LogP contribution in [0.3, 0.4) is 0 Å². The molecule has 2 aliphatic rings. The van der Waals surface area contributed by atoms with Crippen LogP contribution in [0.4, 0.5) is 0 Å². The minimum Gasteiger partial charge on any atom is -0.312 e. The third-order valence-corrected chi connectivity index (χ3v) is 4.60. The smallest absolute Gasteiger partial charge is 0.0243 e. The zero-order chi connectivity index (χ0) is 12.3. The third kappa shape index (κ3) is 3.69. The third-order valence-electron chi connectivity index (χ3n) is 4.60. The quantitative estimate of drug-likeness (QED) is 0.733. The van der Waals surface area contributed by atoms with Crippen LogP contribution in [0.25, 0.3) is 0 Å². The average Bonchev–Trinajstić information content (AvgIpc) is 3.00. The highest BCUT2D eigenvalue weighted by Gasteiger charge is 2.31. The van der Waals surface area contributed by atoms with Gasteiger partial charge in [-0.25, -0.2) is 0 Å². The summed E-state index contributed by atoms with van der Waals surface area (Å²) >= 11 is 0. The number of likely N-dealkylation sites (tertiary alicyclic amines) is 1. The number of nitrogens with one attached hydrogen (secondary N) is 1. The molecule has 2 nitrogen and oxygen atoms in total. The van der Waals surface area contributed by atoms with E-state index in [-0.39, 0.29) is 0 Å². The summed E-state index contributed by atoms with van der Waals surface area (Å²) in [6.45, 7) is 10.9. The molecule has 17 heavy (non-hydrogen) atoms. The first-order valence-electron chi connectivity index (χ1n) is 7.69. The van der Waals surface area contributed by atoms with Gasteiger partial charge in [0.25, 0.3) is 0 Å². The predicted molar refractivity (Wildman–Crippen MR) is 74.2 cm³/mol. The van der Waals surface area contributed by atoms with Crippen molar-refractivity contribution in [3.8, 4) is 0 Å². The summed E-state index contributed by atoms with van der Waals surface area (Å²) < 4.78 is 0. The lowest BCUT2D eigenvalue weighted by atomic mass is 10.0. The van der Waals surface area contributed by atoms with Crippen molar-refractivity contribution < 1.29 is 0 Å². The molecule has 2 heteroatoms. The lowest BCUT2D eigenvalue weighted by Gasteiger charge is -2.32. The van der Waals surface area contributed by atoms with Gasteiger partial charge in [-0.3, -0.25) is 4.90 Å². The zero-order valence-electron chi connectivity index (χ0n) is 11.9. The van der Waals surface area contributed by atoms with E-state index >= 15 is 0 Å². The van der Waals surface area contributed by atoms with Crippen LogP contribution >= 0.6 is 0 Å². The van der Waals surface area contributed by atoms with E-state index in [4.69, 9.17) is 0 Å². The van der Waals surface area contributed by atoms with Gasteiger partial charge in [-0.2, -0.15) is 0 Å². The minimum atomic E-state index is 0.755. The van der Waals surface area contributed by atoms with E-state index in [0.717, 1.165) is 23.9 Å². The maximum atomic E-state index is 3.85. The predicted octanol–water partition coefficient (Wildman–Crippen LogP) is 2.89. The highest BCUT2D eigenvalue weighted by molar-refractivity contribution is 4.88. The van der Waals surface area contributed by atoms with Gasteiger partial charge >= 0.3 is 0 Å². The van der Waals surface area contributed by atoms with Gasteiger partial charge in [0, 0.05) is 18.6 Å². The van der Waals surface area contributed by atoms with Gasteiger partial charge in [0.2, 0.25) is 0 Å². The minimum absolute atomic E-state index is 0.755. The first-order chi connectivity index (χ1) is 8.22. The summed E-state index contributed by atoms with van der Waals surface area (Å²) in [5.41, 5.74) is 0. The largest absolute Gasteiger partial charge is 0.312 e. The van der Waals surface area contributed by atoms with Gasteiger partial charge in [-0.05, 0) is 57.0 Å². The van der Waals surface area contributed by atoms with Crippen molar-refractivity contribution in [1.29, 1.82) is 0 Å². The van der Waals surface area contributed by atoms with Crippen LogP contribution in [-0.2, 0) is 0 Å². The van der Waals surface area contributed by atoms with Crippen LogP contribution in [0.1, 0.15) is 52.9 Å². The lowest BCUT2D eigenvalue weighted by molar-refractivity contribution is 0.179. The Hall–Kier alpha value is -0.0800. The zero-order valence-corrected chi connectivity index (χ0v) is 11.9. The number of nitrogens with zero attached hydrogens (tertiary/aromatic N) is 1. The number of hydrogen-bond donors (Lipinski definition) is 1. The Labute approximate surface area is 107 Å². The van der Waals surface area contributed by atoms with Crippen LogP contribution in [0, 0.1) is 11.8 Å². The van der Waals surface area contributed by atoms with Gasteiger partial charge in [0.1, 0.15) is 0 Å². The molecule has 1 aliphatic carbocycles. The molecule has 0 aromatic carbocycles.